The first-order valence-electron chi connectivity index (χ1n) is 8.08. The van der Waals surface area contributed by atoms with Crippen molar-refractivity contribution in [3.8, 4) is 0 Å². The summed E-state index contributed by atoms with van der Waals surface area (Å²) < 4.78 is 27.9. The molecule has 0 aromatic heterocycles. The maximum Gasteiger partial charge on any atom is 0.271 e. The van der Waals surface area contributed by atoms with E-state index in [9.17, 15) is 23.3 Å². The third-order valence-corrected chi connectivity index (χ3v) is 5.96. The van der Waals surface area contributed by atoms with E-state index in [4.69, 9.17) is 0 Å². The Morgan fingerprint density at radius 2 is 1.92 bits per heavy atom. The number of anilines is 2. The number of carbonyl (C=O) groups is 1. The average Bonchev–Trinajstić information content (AvgIpc) is 2.92. The van der Waals surface area contributed by atoms with E-state index < -0.39 is 14.9 Å². The molecule has 8 nitrogen and oxygen atoms in total. The van der Waals surface area contributed by atoms with Crippen LogP contribution >= 0.6 is 0 Å². The lowest BCUT2D eigenvalue weighted by molar-refractivity contribution is -0.384. The Morgan fingerprint density at radius 3 is 2.69 bits per heavy atom. The molecule has 2 aromatic carbocycles. The molecule has 9 heteroatoms. The molecule has 0 aliphatic carbocycles. The second-order valence-electron chi connectivity index (χ2n) is 6.33. The van der Waals surface area contributed by atoms with Crippen LogP contribution in [0.15, 0.2) is 41.3 Å². The molecule has 2 heterocycles. The van der Waals surface area contributed by atoms with E-state index in [0.717, 1.165) is 17.7 Å². The Kier molecular flexibility index (Phi) is 3.69. The fraction of sp³-hybridized carbons (Fsp3) is 0.235. The van der Waals surface area contributed by atoms with Crippen molar-refractivity contribution in [2.24, 2.45) is 0 Å². The van der Waals surface area contributed by atoms with E-state index in [0.29, 0.717) is 18.5 Å². The van der Waals surface area contributed by atoms with Crippen molar-refractivity contribution >= 4 is 33.0 Å². The Balaban J connectivity index is 1.72. The molecule has 2 aliphatic rings. The molecule has 2 aliphatic heterocycles. The number of nitro groups is 1. The number of hydrogen-bond acceptors (Lipinski definition) is 5. The van der Waals surface area contributed by atoms with Crippen LogP contribution < -0.4 is 9.62 Å². The number of carbonyl (C=O) groups excluding carboxylic acids is 1. The van der Waals surface area contributed by atoms with Gasteiger partial charge in [-0.3, -0.25) is 19.6 Å². The first-order chi connectivity index (χ1) is 12.3. The number of nitro benzene ring substituents is 1. The smallest absolute Gasteiger partial charge is 0.271 e. The molecule has 0 atom stereocenters. The number of rotatable bonds is 4. The van der Waals surface area contributed by atoms with Crippen molar-refractivity contribution in [2.75, 3.05) is 16.2 Å². The minimum atomic E-state index is -3.92. The highest BCUT2D eigenvalue weighted by molar-refractivity contribution is 7.92. The van der Waals surface area contributed by atoms with Gasteiger partial charge in [-0.25, -0.2) is 8.42 Å². The first kappa shape index (κ1) is 16.5. The molecular weight excluding hydrogens is 358 g/mol. The van der Waals surface area contributed by atoms with Crippen molar-refractivity contribution in [3.05, 3.63) is 57.6 Å². The zero-order chi connectivity index (χ0) is 18.5. The van der Waals surface area contributed by atoms with Gasteiger partial charge in [0.1, 0.15) is 0 Å². The summed E-state index contributed by atoms with van der Waals surface area (Å²) in [6.07, 6.45) is 1.70. The Hall–Kier alpha value is -2.94. The van der Waals surface area contributed by atoms with Crippen LogP contribution in [0.1, 0.15) is 17.5 Å². The van der Waals surface area contributed by atoms with Crippen molar-refractivity contribution in [2.45, 2.75) is 24.2 Å². The molecule has 0 unspecified atom stereocenters. The van der Waals surface area contributed by atoms with E-state index in [1.165, 1.54) is 30.3 Å². The number of aryl methyl sites for hydroxylation is 1. The quantitative estimate of drug-likeness (QED) is 0.653. The van der Waals surface area contributed by atoms with Crippen LogP contribution in [0.5, 0.6) is 0 Å². The van der Waals surface area contributed by atoms with Crippen molar-refractivity contribution in [1.29, 1.82) is 0 Å². The molecule has 26 heavy (non-hydrogen) atoms. The molecule has 0 radical (unpaired) electrons. The van der Waals surface area contributed by atoms with Gasteiger partial charge >= 0.3 is 0 Å². The lowest BCUT2D eigenvalue weighted by atomic mass is 10.0. The van der Waals surface area contributed by atoms with Crippen molar-refractivity contribution in [3.63, 3.8) is 0 Å². The molecule has 0 saturated heterocycles. The zero-order valence-electron chi connectivity index (χ0n) is 13.6. The molecule has 134 valence electrons. The molecule has 4 rings (SSSR count). The average molecular weight is 373 g/mol. The van der Waals surface area contributed by atoms with Gasteiger partial charge in [-0.05, 0) is 42.2 Å². The maximum atomic E-state index is 12.8. The van der Waals surface area contributed by atoms with Gasteiger partial charge < -0.3 is 4.90 Å². The largest absolute Gasteiger partial charge is 0.312 e. The van der Waals surface area contributed by atoms with Crippen molar-refractivity contribution in [1.82, 2.24) is 0 Å². The summed E-state index contributed by atoms with van der Waals surface area (Å²) in [4.78, 5) is 24.2. The molecule has 1 amide bonds. The standard InChI is InChI=1S/C17H15N3O5S/c21-16-9-12-8-15(7-11-3-2-6-19(16)17(11)12)26(24,25)18-13-4-1-5-14(10-13)20(22)23/h1,4-5,7-8,10,18H,2-3,6,9H2. The predicted octanol–water partition coefficient (Wildman–Crippen LogP) is 2.23. The fourth-order valence-corrected chi connectivity index (χ4v) is 4.65. The third-order valence-electron chi connectivity index (χ3n) is 4.60. The van der Waals surface area contributed by atoms with E-state index in [1.807, 2.05) is 0 Å². The Morgan fingerprint density at radius 1 is 1.15 bits per heavy atom. The molecule has 0 bridgehead atoms. The third kappa shape index (κ3) is 2.70. The monoisotopic (exact) mass is 373 g/mol. The first-order valence-corrected chi connectivity index (χ1v) is 9.57. The lowest BCUT2D eigenvalue weighted by Gasteiger charge is -2.26. The highest BCUT2D eigenvalue weighted by Gasteiger charge is 2.33. The topological polar surface area (TPSA) is 110 Å². The second kappa shape index (κ2) is 5.80. The molecule has 2 aromatic rings. The van der Waals surface area contributed by atoms with Crippen LogP contribution in [0.3, 0.4) is 0 Å². The molecular formula is C17H15N3O5S. The molecule has 1 N–H and O–H groups in total. The summed E-state index contributed by atoms with van der Waals surface area (Å²) >= 11 is 0. The van der Waals surface area contributed by atoms with Crippen LogP contribution in [0.25, 0.3) is 0 Å². The summed E-state index contributed by atoms with van der Waals surface area (Å²) in [6, 6.07) is 8.43. The van der Waals surface area contributed by atoms with E-state index in [-0.39, 0.29) is 28.6 Å². The van der Waals surface area contributed by atoms with Gasteiger partial charge in [-0.1, -0.05) is 6.07 Å². The zero-order valence-corrected chi connectivity index (χ0v) is 14.5. The summed E-state index contributed by atoms with van der Waals surface area (Å²) in [5.74, 6) is -0.0119. The summed E-state index contributed by atoms with van der Waals surface area (Å²) in [5, 5.41) is 10.9. The second-order valence-corrected chi connectivity index (χ2v) is 8.01. The molecule has 0 saturated carbocycles. The number of amides is 1. The van der Waals surface area contributed by atoms with Gasteiger partial charge in [0, 0.05) is 18.7 Å². The van der Waals surface area contributed by atoms with Gasteiger partial charge in [0.15, 0.2) is 0 Å². The fourth-order valence-electron chi connectivity index (χ4n) is 3.50. The van der Waals surface area contributed by atoms with Crippen LogP contribution in [-0.4, -0.2) is 25.8 Å². The van der Waals surface area contributed by atoms with E-state index >= 15 is 0 Å². The van der Waals surface area contributed by atoms with Crippen LogP contribution in [-0.2, 0) is 27.7 Å². The summed E-state index contributed by atoms with van der Waals surface area (Å²) in [7, 11) is -3.92. The maximum absolute atomic E-state index is 12.8. The van der Waals surface area contributed by atoms with E-state index in [2.05, 4.69) is 4.72 Å². The lowest BCUT2D eigenvalue weighted by Crippen LogP contribution is -2.31. The summed E-state index contributed by atoms with van der Waals surface area (Å²) in [5.41, 5.74) is 2.32. The number of non-ortho nitro benzene ring substituents is 1. The van der Waals surface area contributed by atoms with E-state index in [1.54, 1.807) is 11.0 Å². The minimum Gasteiger partial charge on any atom is -0.312 e. The molecule has 0 spiro atoms. The van der Waals surface area contributed by atoms with Gasteiger partial charge in [0.2, 0.25) is 5.91 Å². The number of nitrogens with one attached hydrogen (secondary N) is 1. The molecule has 0 fully saturated rings. The van der Waals surface area contributed by atoms with Crippen LogP contribution in [0.4, 0.5) is 17.1 Å². The van der Waals surface area contributed by atoms with Crippen molar-refractivity contribution < 1.29 is 18.1 Å². The number of sulfonamides is 1. The number of benzene rings is 2. The highest BCUT2D eigenvalue weighted by atomic mass is 32.2. The van der Waals surface area contributed by atoms with Gasteiger partial charge in [0.25, 0.3) is 15.7 Å². The normalized spacial score (nSPS) is 15.7. The Bertz CT molecular complexity index is 1050. The highest BCUT2D eigenvalue weighted by Crippen LogP contribution is 2.38. The van der Waals surface area contributed by atoms with Gasteiger partial charge in [-0.2, -0.15) is 0 Å². The number of nitrogens with zero attached hydrogens (tertiary/aromatic N) is 2. The summed E-state index contributed by atoms with van der Waals surface area (Å²) in [6.45, 7) is 0.664. The van der Waals surface area contributed by atoms with Gasteiger partial charge in [0.05, 0.1) is 27.6 Å². The number of hydrogen-bond donors (Lipinski definition) is 1. The van der Waals surface area contributed by atoms with Gasteiger partial charge in [-0.15, -0.1) is 0 Å². The SMILES string of the molecule is O=C1Cc2cc(S(=O)(=O)Nc3cccc([N+](=O)[O-])c3)cc3c2N1CCC3. The van der Waals surface area contributed by atoms with Crippen LogP contribution in [0, 0.1) is 10.1 Å². The van der Waals surface area contributed by atoms with Crippen LogP contribution in [0.2, 0.25) is 0 Å². The Labute approximate surface area is 149 Å². The predicted molar refractivity (Wildman–Crippen MR) is 94.7 cm³/mol. The minimum absolute atomic E-state index is 0.0119.